The highest BCUT2D eigenvalue weighted by molar-refractivity contribution is 7.84. The van der Waals surface area contributed by atoms with Crippen molar-refractivity contribution in [3.8, 4) is 0 Å². The van der Waals surface area contributed by atoms with Crippen molar-refractivity contribution in [2.24, 2.45) is 11.1 Å². The molecule has 1 aromatic carbocycles. The molecular weight excluding hydrogens is 524 g/mol. The number of thiophene rings is 1. The number of methoxy groups -OCH3 is 1. The van der Waals surface area contributed by atoms with Crippen LogP contribution in [0.25, 0.3) is 0 Å². The molecule has 192 valence electrons. The van der Waals surface area contributed by atoms with Crippen LogP contribution in [0.2, 0.25) is 5.02 Å². The lowest BCUT2D eigenvalue weighted by molar-refractivity contribution is 0.104. The number of anilines is 1. The first-order valence-electron chi connectivity index (χ1n) is 11.3. The van der Waals surface area contributed by atoms with Crippen LogP contribution in [-0.4, -0.2) is 43.9 Å². The van der Waals surface area contributed by atoms with E-state index in [1.165, 1.54) is 23.9 Å². The van der Waals surface area contributed by atoms with Crippen molar-refractivity contribution in [2.45, 2.75) is 38.3 Å². The molecule has 1 aliphatic rings. The normalized spacial score (nSPS) is 17.9. The first kappa shape index (κ1) is 26.6. The summed E-state index contributed by atoms with van der Waals surface area (Å²) >= 11 is 7.54. The quantitative estimate of drug-likeness (QED) is 0.343. The van der Waals surface area contributed by atoms with E-state index in [4.69, 9.17) is 25.7 Å². The van der Waals surface area contributed by atoms with Crippen LogP contribution in [0.4, 0.5) is 5.82 Å². The Morgan fingerprint density at radius 3 is 2.89 bits per heavy atom. The molecule has 2 atom stereocenters. The topological polar surface area (TPSA) is 134 Å². The molecule has 2 aromatic heterocycles. The van der Waals surface area contributed by atoms with Crippen LogP contribution in [0, 0.1) is 5.92 Å². The van der Waals surface area contributed by atoms with Crippen LogP contribution in [0.15, 0.2) is 42.9 Å². The summed E-state index contributed by atoms with van der Waals surface area (Å²) in [6.07, 6.45) is 5.78. The lowest BCUT2D eigenvalue weighted by atomic mass is 10.0. The molecule has 0 amide bonds. The fourth-order valence-corrected chi connectivity index (χ4v) is 6.04. The van der Waals surface area contributed by atoms with Crippen molar-refractivity contribution in [1.82, 2.24) is 9.97 Å². The van der Waals surface area contributed by atoms with Gasteiger partial charge in [-0.05, 0) is 60.9 Å². The summed E-state index contributed by atoms with van der Waals surface area (Å²) < 4.78 is 32.3. The van der Waals surface area contributed by atoms with Gasteiger partial charge < -0.3 is 10.1 Å². The van der Waals surface area contributed by atoms with Crippen LogP contribution >= 0.6 is 22.9 Å². The average Bonchev–Trinajstić information content (AvgIpc) is 3.44. The molecule has 9 nitrogen and oxygen atoms in total. The van der Waals surface area contributed by atoms with E-state index in [1.54, 1.807) is 7.11 Å². The van der Waals surface area contributed by atoms with Gasteiger partial charge in [0.15, 0.2) is 0 Å². The molecule has 0 spiro atoms. The minimum Gasteiger partial charge on any atom is -0.379 e. The minimum absolute atomic E-state index is 0.0197. The number of nitrogens with two attached hydrogens (primary N) is 1. The second-order valence-corrected chi connectivity index (χ2v) is 11.5. The molecule has 0 radical (unpaired) electrons. The van der Waals surface area contributed by atoms with Crippen LogP contribution in [0.1, 0.15) is 50.5 Å². The monoisotopic (exact) mass is 550 g/mol. The Labute approximate surface area is 219 Å². The molecule has 3 aromatic rings. The SMILES string of the molecule is COCc1sc(C(=O)c2cncnc2N[C@H]2CCC(COS(N)(=O)=O)C2)cc1Cc1cccc(Cl)c1. The summed E-state index contributed by atoms with van der Waals surface area (Å²) in [7, 11) is -2.34. The number of ether oxygens (including phenoxy) is 1. The molecule has 36 heavy (non-hydrogen) atoms. The molecule has 4 rings (SSSR count). The molecular formula is C24H27ClN4O5S2. The Morgan fingerprint density at radius 2 is 2.14 bits per heavy atom. The average molecular weight is 551 g/mol. The Kier molecular flexibility index (Phi) is 8.70. The number of carbonyl (C=O) groups excluding carboxylic acids is 1. The van der Waals surface area contributed by atoms with Gasteiger partial charge in [-0.2, -0.15) is 8.42 Å². The third-order valence-corrected chi connectivity index (χ3v) is 7.84. The van der Waals surface area contributed by atoms with Crippen LogP contribution in [0.5, 0.6) is 0 Å². The van der Waals surface area contributed by atoms with Crippen LogP contribution in [0.3, 0.4) is 0 Å². The number of aromatic nitrogens is 2. The third-order valence-electron chi connectivity index (χ3n) is 5.99. The van der Waals surface area contributed by atoms with Gasteiger partial charge in [0.2, 0.25) is 5.78 Å². The highest BCUT2D eigenvalue weighted by atomic mass is 35.5. The first-order valence-corrected chi connectivity index (χ1v) is 14.0. The highest BCUT2D eigenvalue weighted by Crippen LogP contribution is 2.32. The van der Waals surface area contributed by atoms with Crippen molar-refractivity contribution in [3.63, 3.8) is 0 Å². The number of hydrogen-bond acceptors (Lipinski definition) is 9. The predicted octanol–water partition coefficient (Wildman–Crippen LogP) is 3.96. The van der Waals surface area contributed by atoms with Crippen molar-refractivity contribution < 1.29 is 22.1 Å². The number of nitrogens with one attached hydrogen (secondary N) is 1. The zero-order chi connectivity index (χ0) is 25.7. The second kappa shape index (κ2) is 11.8. The lowest BCUT2D eigenvalue weighted by Gasteiger charge is -2.15. The summed E-state index contributed by atoms with van der Waals surface area (Å²) in [4.78, 5) is 23.5. The lowest BCUT2D eigenvalue weighted by Crippen LogP contribution is -2.22. The summed E-state index contributed by atoms with van der Waals surface area (Å²) in [6.45, 7) is 0.438. The number of carbonyl (C=O) groups is 1. The van der Waals surface area contributed by atoms with Crippen molar-refractivity contribution in [2.75, 3.05) is 19.0 Å². The Hall–Kier alpha value is -2.41. The van der Waals surface area contributed by atoms with Crippen molar-refractivity contribution >= 4 is 44.8 Å². The fourth-order valence-electron chi connectivity index (χ4n) is 4.33. The molecule has 0 bridgehead atoms. The first-order chi connectivity index (χ1) is 17.2. The van der Waals surface area contributed by atoms with E-state index >= 15 is 0 Å². The minimum atomic E-state index is -3.96. The Bertz CT molecular complexity index is 1330. The predicted molar refractivity (Wildman–Crippen MR) is 139 cm³/mol. The van der Waals surface area contributed by atoms with Crippen molar-refractivity contribution in [1.29, 1.82) is 0 Å². The van der Waals surface area contributed by atoms with E-state index in [-0.39, 0.29) is 24.3 Å². The van der Waals surface area contributed by atoms with Gasteiger partial charge in [0.1, 0.15) is 12.1 Å². The van der Waals surface area contributed by atoms with Gasteiger partial charge in [-0.1, -0.05) is 23.7 Å². The molecule has 1 aliphatic carbocycles. The van der Waals surface area contributed by atoms with E-state index in [0.717, 1.165) is 28.8 Å². The maximum absolute atomic E-state index is 13.5. The third kappa shape index (κ3) is 7.09. The second-order valence-electron chi connectivity index (χ2n) is 8.71. The Balaban J connectivity index is 1.50. The van der Waals surface area contributed by atoms with Gasteiger partial charge in [-0.15, -0.1) is 11.3 Å². The van der Waals surface area contributed by atoms with E-state index in [9.17, 15) is 13.2 Å². The molecule has 0 saturated heterocycles. The standard InChI is InChI=1S/C24H27ClN4O5S2/c1-33-13-22-17(7-15-3-2-4-18(25)8-15)10-21(35-22)23(30)20-11-27-14-28-24(20)29-19-6-5-16(9-19)12-34-36(26,31)32/h2-4,8,10-11,14,16,19H,5-7,9,12-13H2,1H3,(H2,26,31,32)(H,27,28,29)/t16?,19-/m0/s1. The van der Waals surface area contributed by atoms with Gasteiger partial charge in [0.25, 0.3) is 0 Å². The van der Waals surface area contributed by atoms with Gasteiger partial charge in [0.05, 0.1) is 23.7 Å². The maximum atomic E-state index is 13.5. The number of benzene rings is 1. The van der Waals surface area contributed by atoms with Gasteiger partial charge in [0, 0.05) is 29.2 Å². The zero-order valence-corrected chi connectivity index (χ0v) is 22.0. The maximum Gasteiger partial charge on any atom is 0.333 e. The van der Waals surface area contributed by atoms with Gasteiger partial charge in [-0.3, -0.25) is 8.98 Å². The molecule has 2 heterocycles. The van der Waals surface area contributed by atoms with E-state index in [1.807, 2.05) is 30.3 Å². The molecule has 1 unspecified atom stereocenters. The largest absolute Gasteiger partial charge is 0.379 e. The summed E-state index contributed by atoms with van der Waals surface area (Å²) in [6, 6.07) is 9.55. The van der Waals surface area contributed by atoms with Crippen LogP contribution < -0.4 is 10.5 Å². The number of halogens is 1. The number of hydrogen-bond donors (Lipinski definition) is 2. The number of rotatable bonds is 11. The van der Waals surface area contributed by atoms with E-state index < -0.39 is 10.3 Å². The molecule has 1 saturated carbocycles. The molecule has 3 N–H and O–H groups in total. The van der Waals surface area contributed by atoms with E-state index in [2.05, 4.69) is 15.3 Å². The van der Waals surface area contributed by atoms with E-state index in [0.29, 0.717) is 40.7 Å². The van der Waals surface area contributed by atoms with Gasteiger partial charge >= 0.3 is 10.3 Å². The highest BCUT2D eigenvalue weighted by Gasteiger charge is 2.28. The zero-order valence-electron chi connectivity index (χ0n) is 19.6. The summed E-state index contributed by atoms with van der Waals surface area (Å²) in [5.41, 5.74) is 2.43. The molecule has 12 heteroatoms. The smallest absolute Gasteiger partial charge is 0.333 e. The number of nitrogens with zero attached hydrogens (tertiary/aromatic N) is 2. The molecule has 0 aliphatic heterocycles. The van der Waals surface area contributed by atoms with Gasteiger partial charge in [-0.25, -0.2) is 15.1 Å². The number of ketones is 1. The fraction of sp³-hybridized carbons (Fsp3) is 0.375. The van der Waals surface area contributed by atoms with Crippen molar-refractivity contribution in [3.05, 3.63) is 74.3 Å². The van der Waals surface area contributed by atoms with Crippen LogP contribution in [-0.2, 0) is 32.3 Å². The summed E-state index contributed by atoms with van der Waals surface area (Å²) in [5.74, 6) is 0.320. The molecule has 1 fully saturated rings. The summed E-state index contributed by atoms with van der Waals surface area (Å²) in [5, 5.41) is 8.93. The Morgan fingerprint density at radius 1 is 1.31 bits per heavy atom.